The SMILES string of the molecule is O=C1NC(=O)C2(C(=O)N1)[C@H](c1ccc(Cl)c([N+](=O)[O-])c1)NC(=S)N[C@H]2c1ccc(Cl)c([N+](=O)[O-])c1. The fourth-order valence-electron chi connectivity index (χ4n) is 4.16. The van der Waals surface area contributed by atoms with Gasteiger partial charge in [0.15, 0.2) is 10.5 Å². The van der Waals surface area contributed by atoms with Gasteiger partial charge in [0, 0.05) is 12.1 Å². The molecule has 2 aromatic rings. The fourth-order valence-corrected chi connectivity index (χ4v) is 4.77. The van der Waals surface area contributed by atoms with Crippen LogP contribution in [0.2, 0.25) is 10.0 Å². The van der Waals surface area contributed by atoms with Crippen LogP contribution in [0.1, 0.15) is 23.2 Å². The summed E-state index contributed by atoms with van der Waals surface area (Å²) in [6, 6.07) is 3.44. The lowest BCUT2D eigenvalue weighted by Gasteiger charge is -2.49. The summed E-state index contributed by atoms with van der Waals surface area (Å²) in [5, 5.41) is 32.1. The summed E-state index contributed by atoms with van der Waals surface area (Å²) in [6.07, 6.45) is 0. The number of carbonyl (C=O) groups is 3. The number of carbonyl (C=O) groups excluding carboxylic acids is 3. The van der Waals surface area contributed by atoms with Crippen LogP contribution in [-0.4, -0.2) is 32.8 Å². The number of benzene rings is 2. The van der Waals surface area contributed by atoms with Gasteiger partial charge in [-0.1, -0.05) is 35.3 Å². The summed E-state index contributed by atoms with van der Waals surface area (Å²) in [6.45, 7) is 0. The van der Waals surface area contributed by atoms with Gasteiger partial charge >= 0.3 is 6.03 Å². The fraction of sp³-hybridized carbons (Fsp3) is 0.158. The van der Waals surface area contributed by atoms with Crippen LogP contribution in [0.4, 0.5) is 16.2 Å². The van der Waals surface area contributed by atoms with Crippen molar-refractivity contribution in [2.45, 2.75) is 12.1 Å². The zero-order valence-electron chi connectivity index (χ0n) is 17.0. The second-order valence-electron chi connectivity index (χ2n) is 7.53. The van der Waals surface area contributed by atoms with Gasteiger partial charge in [0.05, 0.1) is 21.9 Å². The molecule has 0 aliphatic carbocycles. The molecule has 2 fully saturated rings. The smallest absolute Gasteiger partial charge is 0.328 e. The van der Waals surface area contributed by atoms with E-state index in [4.69, 9.17) is 35.4 Å². The number of urea groups is 1. The number of hydrogen-bond donors (Lipinski definition) is 4. The van der Waals surface area contributed by atoms with Gasteiger partial charge in [-0.3, -0.25) is 40.5 Å². The molecule has 2 aromatic carbocycles. The first-order valence-corrected chi connectivity index (χ1v) is 10.7. The Kier molecular flexibility index (Phi) is 6.04. The largest absolute Gasteiger partial charge is 0.354 e. The van der Waals surface area contributed by atoms with Gasteiger partial charge in [-0.05, 0) is 35.5 Å². The van der Waals surface area contributed by atoms with E-state index in [1.807, 2.05) is 10.6 Å². The van der Waals surface area contributed by atoms with Crippen molar-refractivity contribution in [1.29, 1.82) is 0 Å². The first-order chi connectivity index (χ1) is 16.5. The van der Waals surface area contributed by atoms with Crippen LogP contribution < -0.4 is 21.3 Å². The maximum Gasteiger partial charge on any atom is 0.328 e. The third-order valence-corrected chi connectivity index (χ3v) is 6.54. The van der Waals surface area contributed by atoms with Crippen molar-refractivity contribution in [3.63, 3.8) is 0 Å². The highest BCUT2D eigenvalue weighted by atomic mass is 35.5. The summed E-state index contributed by atoms with van der Waals surface area (Å²) >= 11 is 17.1. The normalized spacial score (nSPS) is 21.0. The highest BCUT2D eigenvalue weighted by Gasteiger charge is 2.64. The summed E-state index contributed by atoms with van der Waals surface area (Å²) in [7, 11) is 0. The molecule has 2 aliphatic heterocycles. The number of amides is 4. The predicted octanol–water partition coefficient (Wildman–Crippen LogP) is 2.42. The first kappa shape index (κ1) is 24.3. The third kappa shape index (κ3) is 3.90. The van der Waals surface area contributed by atoms with Crippen LogP contribution in [0.15, 0.2) is 36.4 Å². The molecule has 0 unspecified atom stereocenters. The minimum atomic E-state index is -2.24. The van der Waals surface area contributed by atoms with Crippen LogP contribution in [0, 0.1) is 25.6 Å². The van der Waals surface area contributed by atoms with Gasteiger partial charge in [0.25, 0.3) is 11.4 Å². The lowest BCUT2D eigenvalue weighted by atomic mass is 9.65. The second kappa shape index (κ2) is 8.72. The Bertz CT molecular complexity index is 1260. The lowest BCUT2D eigenvalue weighted by Crippen LogP contribution is -2.73. The van der Waals surface area contributed by atoms with Crippen LogP contribution in [0.25, 0.3) is 0 Å². The molecule has 1 spiro atoms. The lowest BCUT2D eigenvalue weighted by molar-refractivity contribution is -0.384. The van der Waals surface area contributed by atoms with Crippen molar-refractivity contribution in [3.05, 3.63) is 77.8 Å². The maximum absolute atomic E-state index is 13.4. The van der Waals surface area contributed by atoms with E-state index < -0.39 is 56.6 Å². The van der Waals surface area contributed by atoms with Crippen LogP contribution in [0.3, 0.4) is 0 Å². The molecule has 0 saturated carbocycles. The second-order valence-corrected chi connectivity index (χ2v) is 8.75. The molecule has 2 heterocycles. The molecule has 0 bridgehead atoms. The Hall–Kier alpha value is -3.88. The standard InChI is InChI=1S/C19H12Cl2N6O7S/c20-9-3-1-7(5-11(9)26(31)32)13-19(15(28)24-17(30)25-16(19)29)14(23-18(35)22-13)8-2-4-10(21)12(6-8)27(33)34/h1-6,13-14H,(H2,22,23,35)(H2,24,25,28,29,30)/t13-,14-/m0/s1. The monoisotopic (exact) mass is 538 g/mol. The molecule has 16 heteroatoms. The zero-order valence-corrected chi connectivity index (χ0v) is 19.4. The molecule has 0 radical (unpaired) electrons. The number of imide groups is 2. The van der Waals surface area contributed by atoms with E-state index >= 15 is 0 Å². The molecule has 2 saturated heterocycles. The average Bonchev–Trinajstić information content (AvgIpc) is 2.77. The number of nitro groups is 2. The number of halogens is 2. The highest BCUT2D eigenvalue weighted by Crippen LogP contribution is 2.49. The molecule has 2 aliphatic rings. The number of thiocarbonyl (C=S) groups is 1. The van der Waals surface area contributed by atoms with Crippen molar-refractivity contribution in [3.8, 4) is 0 Å². The van der Waals surface area contributed by atoms with Crippen LogP contribution >= 0.6 is 35.4 Å². The van der Waals surface area contributed by atoms with E-state index in [-0.39, 0.29) is 26.3 Å². The Labute approximate surface area is 210 Å². The topological polar surface area (TPSA) is 186 Å². The predicted molar refractivity (Wildman–Crippen MR) is 125 cm³/mol. The Balaban J connectivity index is 1.99. The summed E-state index contributed by atoms with van der Waals surface area (Å²) in [5.74, 6) is -2.14. The van der Waals surface area contributed by atoms with Crippen molar-refractivity contribution < 1.29 is 24.2 Å². The molecule has 0 aromatic heterocycles. The third-order valence-electron chi connectivity index (χ3n) is 5.67. The molecule has 35 heavy (non-hydrogen) atoms. The van der Waals surface area contributed by atoms with E-state index in [1.165, 1.54) is 24.3 Å². The van der Waals surface area contributed by atoms with E-state index in [0.29, 0.717) is 0 Å². The van der Waals surface area contributed by atoms with Gasteiger partial charge in [0.2, 0.25) is 11.8 Å². The zero-order chi connectivity index (χ0) is 25.7. The molecular formula is C19H12Cl2N6O7S. The van der Waals surface area contributed by atoms with E-state index in [0.717, 1.165) is 12.1 Å². The van der Waals surface area contributed by atoms with Crippen LogP contribution in [-0.2, 0) is 9.59 Å². The summed E-state index contributed by atoms with van der Waals surface area (Å²) < 4.78 is 0. The minimum absolute atomic E-state index is 0.0677. The van der Waals surface area contributed by atoms with Gasteiger partial charge in [-0.25, -0.2) is 4.79 Å². The molecule has 4 rings (SSSR count). The summed E-state index contributed by atoms with van der Waals surface area (Å²) in [5.41, 5.74) is -3.11. The highest BCUT2D eigenvalue weighted by molar-refractivity contribution is 7.80. The van der Waals surface area contributed by atoms with Crippen molar-refractivity contribution in [1.82, 2.24) is 21.3 Å². The molecule has 4 amide bonds. The molecule has 13 nitrogen and oxygen atoms in total. The number of hydrogen-bond acceptors (Lipinski definition) is 8. The van der Waals surface area contributed by atoms with E-state index in [2.05, 4.69) is 10.6 Å². The minimum Gasteiger partial charge on any atom is -0.354 e. The Morgan fingerprint density at radius 2 is 1.20 bits per heavy atom. The van der Waals surface area contributed by atoms with Crippen LogP contribution in [0.5, 0.6) is 0 Å². The number of nitrogens with zero attached hydrogens (tertiary/aromatic N) is 2. The molecule has 2 atom stereocenters. The number of barbiturate groups is 1. The summed E-state index contributed by atoms with van der Waals surface area (Å²) in [4.78, 5) is 60.1. The first-order valence-electron chi connectivity index (χ1n) is 9.58. The average molecular weight is 539 g/mol. The maximum atomic E-state index is 13.4. The number of nitrogens with one attached hydrogen (secondary N) is 4. The van der Waals surface area contributed by atoms with Gasteiger partial charge in [-0.15, -0.1) is 0 Å². The number of rotatable bonds is 4. The molecular weight excluding hydrogens is 527 g/mol. The van der Waals surface area contributed by atoms with Gasteiger partial charge in [0.1, 0.15) is 10.0 Å². The van der Waals surface area contributed by atoms with Crippen molar-refractivity contribution >= 4 is 69.8 Å². The van der Waals surface area contributed by atoms with Gasteiger partial charge < -0.3 is 10.6 Å². The van der Waals surface area contributed by atoms with Crippen molar-refractivity contribution in [2.24, 2.45) is 5.41 Å². The number of nitro benzene ring substituents is 2. The van der Waals surface area contributed by atoms with Gasteiger partial charge in [-0.2, -0.15) is 0 Å². The Morgan fingerprint density at radius 3 is 1.57 bits per heavy atom. The molecule has 180 valence electrons. The molecule has 4 N–H and O–H groups in total. The van der Waals surface area contributed by atoms with E-state index in [1.54, 1.807) is 0 Å². The quantitative estimate of drug-likeness (QED) is 0.195. The van der Waals surface area contributed by atoms with Crippen molar-refractivity contribution in [2.75, 3.05) is 0 Å². The Morgan fingerprint density at radius 1 is 0.800 bits per heavy atom. The van der Waals surface area contributed by atoms with E-state index in [9.17, 15) is 34.6 Å².